The molecule has 0 aliphatic rings. The predicted octanol–water partition coefficient (Wildman–Crippen LogP) is 4.76. The fourth-order valence-electron chi connectivity index (χ4n) is 1.80. The summed E-state index contributed by atoms with van der Waals surface area (Å²) in [5.74, 6) is 0.770. The summed E-state index contributed by atoms with van der Waals surface area (Å²) in [5, 5.41) is 14.5. The average Bonchev–Trinajstić information content (AvgIpc) is 3.01. The van der Waals surface area contributed by atoms with E-state index in [0.717, 1.165) is 27.1 Å². The summed E-state index contributed by atoms with van der Waals surface area (Å²) >= 11 is 13.3. The third kappa shape index (κ3) is 4.58. The van der Waals surface area contributed by atoms with Crippen LogP contribution in [0, 0.1) is 0 Å². The number of rotatable bonds is 5. The van der Waals surface area contributed by atoms with E-state index in [1.807, 2.05) is 48.5 Å². The molecular formula is C16H12Cl2N4S. The molecule has 0 amide bonds. The minimum Gasteiger partial charge on any atom is -0.195 e. The number of hydrogen-bond donors (Lipinski definition) is 0. The van der Waals surface area contributed by atoms with E-state index in [2.05, 4.69) is 15.3 Å². The molecule has 7 heteroatoms. The Hall–Kier alpha value is -1.82. The molecule has 1 heterocycles. The molecule has 0 radical (unpaired) electrons. The van der Waals surface area contributed by atoms with Crippen LogP contribution in [0.2, 0.25) is 10.0 Å². The van der Waals surface area contributed by atoms with Gasteiger partial charge >= 0.3 is 0 Å². The van der Waals surface area contributed by atoms with Crippen LogP contribution in [0.4, 0.5) is 0 Å². The third-order valence-electron chi connectivity index (χ3n) is 2.98. The molecule has 1 aromatic heterocycles. The number of halogens is 2. The molecule has 0 aliphatic heterocycles. The Labute approximate surface area is 148 Å². The first-order chi connectivity index (χ1) is 11.2. The molecule has 0 aliphatic carbocycles. The molecule has 3 rings (SSSR count). The van der Waals surface area contributed by atoms with Crippen LogP contribution in [0.15, 0.2) is 65.1 Å². The van der Waals surface area contributed by atoms with Gasteiger partial charge in [0.25, 0.3) is 0 Å². The van der Waals surface area contributed by atoms with Crippen LogP contribution in [0.5, 0.6) is 0 Å². The number of nitrogens with zero attached hydrogens (tertiary/aromatic N) is 4. The first-order valence-corrected chi connectivity index (χ1v) is 8.52. The Bertz CT molecular complexity index is 798. The molecule has 4 nitrogen and oxygen atoms in total. The lowest BCUT2D eigenvalue weighted by atomic mass is 10.2. The highest BCUT2D eigenvalue weighted by Gasteiger charge is 2.04. The molecule has 0 fully saturated rings. The number of hydrogen-bond acceptors (Lipinski definition) is 4. The molecule has 23 heavy (non-hydrogen) atoms. The van der Waals surface area contributed by atoms with Crippen molar-refractivity contribution in [1.82, 2.24) is 14.9 Å². The lowest BCUT2D eigenvalue weighted by molar-refractivity contribution is 0.767. The molecule has 0 saturated carbocycles. The average molecular weight is 363 g/mol. The molecule has 3 aromatic rings. The Kier molecular flexibility index (Phi) is 5.33. The topological polar surface area (TPSA) is 43.1 Å². The van der Waals surface area contributed by atoms with Gasteiger partial charge in [-0.2, -0.15) is 9.78 Å². The number of thioether (sulfide) groups is 1. The molecule has 0 atom stereocenters. The fourth-order valence-corrected chi connectivity index (χ4v) is 2.87. The van der Waals surface area contributed by atoms with Gasteiger partial charge in [0, 0.05) is 15.8 Å². The molecule has 0 saturated heterocycles. The predicted molar refractivity (Wildman–Crippen MR) is 95.5 cm³/mol. The quantitative estimate of drug-likeness (QED) is 0.485. The largest absolute Gasteiger partial charge is 0.212 e. The SMILES string of the molecule is Clc1ccc(/C=N/n2cnnc2SCc2ccc(Cl)cc2)cc1. The monoisotopic (exact) mass is 362 g/mol. The lowest BCUT2D eigenvalue weighted by Crippen LogP contribution is -1.92. The summed E-state index contributed by atoms with van der Waals surface area (Å²) in [6.07, 6.45) is 3.32. The van der Waals surface area contributed by atoms with Gasteiger partial charge in [-0.3, -0.25) is 0 Å². The Morgan fingerprint density at radius 2 is 1.65 bits per heavy atom. The van der Waals surface area contributed by atoms with Crippen molar-refractivity contribution in [2.45, 2.75) is 10.9 Å². The van der Waals surface area contributed by atoms with Crippen LogP contribution in [0.1, 0.15) is 11.1 Å². The maximum absolute atomic E-state index is 5.89. The lowest BCUT2D eigenvalue weighted by Gasteiger charge is -2.01. The van der Waals surface area contributed by atoms with E-state index in [1.54, 1.807) is 29.0 Å². The highest BCUT2D eigenvalue weighted by molar-refractivity contribution is 7.98. The first kappa shape index (κ1) is 16.1. The highest BCUT2D eigenvalue weighted by atomic mass is 35.5. The second-order valence-electron chi connectivity index (χ2n) is 4.67. The first-order valence-electron chi connectivity index (χ1n) is 6.78. The second kappa shape index (κ2) is 7.64. The number of aromatic nitrogens is 3. The van der Waals surface area contributed by atoms with Crippen LogP contribution in [0.3, 0.4) is 0 Å². The van der Waals surface area contributed by atoms with Crippen LogP contribution in [0.25, 0.3) is 0 Å². The second-order valence-corrected chi connectivity index (χ2v) is 6.48. The van der Waals surface area contributed by atoms with Crippen LogP contribution in [-0.4, -0.2) is 21.1 Å². The van der Waals surface area contributed by atoms with Gasteiger partial charge in [-0.25, -0.2) is 0 Å². The molecule has 116 valence electrons. The van der Waals surface area contributed by atoms with Gasteiger partial charge in [-0.05, 0) is 35.4 Å². The zero-order valence-electron chi connectivity index (χ0n) is 11.9. The standard InChI is InChI=1S/C16H12Cl2N4S/c17-14-5-1-12(2-6-14)9-20-22-11-19-21-16(22)23-10-13-3-7-15(18)8-4-13/h1-9,11H,10H2/b20-9+. The highest BCUT2D eigenvalue weighted by Crippen LogP contribution is 2.21. The summed E-state index contributed by atoms with van der Waals surface area (Å²) in [6.45, 7) is 0. The van der Waals surface area contributed by atoms with Crippen LogP contribution < -0.4 is 0 Å². The van der Waals surface area contributed by atoms with Crippen molar-refractivity contribution in [3.63, 3.8) is 0 Å². The minimum atomic E-state index is 0.700. The molecule has 0 unspecified atom stereocenters. The van der Waals surface area contributed by atoms with Crippen molar-refractivity contribution in [2.24, 2.45) is 5.10 Å². The zero-order chi connectivity index (χ0) is 16.1. The van der Waals surface area contributed by atoms with Gasteiger partial charge in [-0.1, -0.05) is 59.2 Å². The smallest absolute Gasteiger partial charge is 0.195 e. The van der Waals surface area contributed by atoms with E-state index in [4.69, 9.17) is 23.2 Å². The van der Waals surface area contributed by atoms with Crippen molar-refractivity contribution in [2.75, 3.05) is 0 Å². The third-order valence-corrected chi connectivity index (χ3v) is 4.49. The minimum absolute atomic E-state index is 0.700. The molecule has 0 spiro atoms. The van der Waals surface area contributed by atoms with E-state index in [-0.39, 0.29) is 0 Å². The van der Waals surface area contributed by atoms with Gasteiger partial charge in [-0.15, -0.1) is 10.2 Å². The van der Waals surface area contributed by atoms with Crippen molar-refractivity contribution >= 4 is 41.2 Å². The Balaban J connectivity index is 1.67. The molecule has 0 bridgehead atoms. The normalized spacial score (nSPS) is 11.2. The maximum Gasteiger partial charge on any atom is 0.212 e. The summed E-state index contributed by atoms with van der Waals surface area (Å²) in [6, 6.07) is 15.2. The van der Waals surface area contributed by atoms with Gasteiger partial charge in [0.05, 0.1) is 6.21 Å². The van der Waals surface area contributed by atoms with E-state index < -0.39 is 0 Å². The van der Waals surface area contributed by atoms with Crippen molar-refractivity contribution in [3.05, 3.63) is 76.0 Å². The fraction of sp³-hybridized carbons (Fsp3) is 0.0625. The van der Waals surface area contributed by atoms with Gasteiger partial charge in [0.1, 0.15) is 6.33 Å². The van der Waals surface area contributed by atoms with Crippen molar-refractivity contribution < 1.29 is 0 Å². The van der Waals surface area contributed by atoms with Gasteiger partial charge < -0.3 is 0 Å². The molecule has 2 aromatic carbocycles. The van der Waals surface area contributed by atoms with E-state index >= 15 is 0 Å². The summed E-state index contributed by atoms with van der Waals surface area (Å²) in [5.41, 5.74) is 2.12. The van der Waals surface area contributed by atoms with E-state index in [0.29, 0.717) is 5.02 Å². The number of benzene rings is 2. The van der Waals surface area contributed by atoms with Gasteiger partial charge in [0.2, 0.25) is 5.16 Å². The molecule has 0 N–H and O–H groups in total. The maximum atomic E-state index is 5.89. The van der Waals surface area contributed by atoms with Crippen molar-refractivity contribution in [1.29, 1.82) is 0 Å². The van der Waals surface area contributed by atoms with E-state index in [1.165, 1.54) is 0 Å². The van der Waals surface area contributed by atoms with E-state index in [9.17, 15) is 0 Å². The van der Waals surface area contributed by atoms with Crippen LogP contribution in [-0.2, 0) is 5.75 Å². The summed E-state index contributed by atoms with van der Waals surface area (Å²) in [4.78, 5) is 0. The van der Waals surface area contributed by atoms with Crippen LogP contribution >= 0.6 is 35.0 Å². The van der Waals surface area contributed by atoms with Crippen molar-refractivity contribution in [3.8, 4) is 0 Å². The zero-order valence-corrected chi connectivity index (χ0v) is 14.3. The Morgan fingerprint density at radius 3 is 2.35 bits per heavy atom. The summed E-state index contributed by atoms with van der Waals surface area (Å²) in [7, 11) is 0. The Morgan fingerprint density at radius 1 is 1.00 bits per heavy atom. The molecular weight excluding hydrogens is 351 g/mol. The van der Waals surface area contributed by atoms with Gasteiger partial charge in [0.15, 0.2) is 0 Å². The summed E-state index contributed by atoms with van der Waals surface area (Å²) < 4.78 is 1.65.